The number of hydrogen-bond donors (Lipinski definition) is 1. The van der Waals surface area contributed by atoms with Crippen LogP contribution in [-0.2, 0) is 0 Å². The molecule has 1 aromatic rings. The van der Waals surface area contributed by atoms with Gasteiger partial charge < -0.3 is 15.2 Å². The summed E-state index contributed by atoms with van der Waals surface area (Å²) in [6.45, 7) is 2.04. The molecule has 0 saturated heterocycles. The van der Waals surface area contributed by atoms with Crippen LogP contribution < -0.4 is 15.2 Å². The van der Waals surface area contributed by atoms with Crippen LogP contribution in [0.3, 0.4) is 0 Å². The average molecular weight is 195 g/mol. The van der Waals surface area contributed by atoms with Crippen LogP contribution in [-0.4, -0.2) is 14.2 Å². The molecule has 14 heavy (non-hydrogen) atoms. The van der Waals surface area contributed by atoms with Gasteiger partial charge in [-0.3, -0.25) is 0 Å². The summed E-state index contributed by atoms with van der Waals surface area (Å²) in [6, 6.07) is 5.64. The lowest BCUT2D eigenvalue weighted by atomic mass is 10.0. The first-order valence-electron chi connectivity index (χ1n) is 4.71. The Bertz CT molecular complexity index is 277. The molecule has 0 aromatic heterocycles. The van der Waals surface area contributed by atoms with Gasteiger partial charge in [-0.2, -0.15) is 0 Å². The summed E-state index contributed by atoms with van der Waals surface area (Å²) in [6.07, 6.45) is 0.858. The fourth-order valence-corrected chi connectivity index (χ4v) is 1.45. The predicted molar refractivity (Wildman–Crippen MR) is 56.8 cm³/mol. The maximum Gasteiger partial charge on any atom is 0.127 e. The van der Waals surface area contributed by atoms with E-state index in [1.165, 1.54) is 0 Å². The molecule has 1 aromatic carbocycles. The van der Waals surface area contributed by atoms with Crippen molar-refractivity contribution in [2.75, 3.05) is 14.2 Å². The number of methoxy groups -OCH3 is 2. The van der Waals surface area contributed by atoms with Crippen molar-refractivity contribution in [3.8, 4) is 11.5 Å². The summed E-state index contributed by atoms with van der Waals surface area (Å²) in [5.74, 6) is 1.58. The fraction of sp³-hybridized carbons (Fsp3) is 0.455. The highest BCUT2D eigenvalue weighted by Crippen LogP contribution is 2.33. The van der Waals surface area contributed by atoms with Crippen LogP contribution in [0.4, 0.5) is 0 Å². The Morgan fingerprint density at radius 2 is 1.71 bits per heavy atom. The van der Waals surface area contributed by atoms with Crippen molar-refractivity contribution < 1.29 is 9.47 Å². The average Bonchev–Trinajstić information content (AvgIpc) is 2.26. The Balaban J connectivity index is 3.18. The van der Waals surface area contributed by atoms with Crippen LogP contribution in [0.25, 0.3) is 0 Å². The Labute approximate surface area is 84.8 Å². The monoisotopic (exact) mass is 195 g/mol. The second kappa shape index (κ2) is 4.86. The number of ether oxygens (including phenoxy) is 2. The van der Waals surface area contributed by atoms with Gasteiger partial charge in [-0.1, -0.05) is 13.0 Å². The quantitative estimate of drug-likeness (QED) is 0.800. The number of rotatable bonds is 4. The highest BCUT2D eigenvalue weighted by atomic mass is 16.5. The summed E-state index contributed by atoms with van der Waals surface area (Å²) in [4.78, 5) is 0. The Kier molecular flexibility index (Phi) is 3.77. The zero-order chi connectivity index (χ0) is 10.6. The van der Waals surface area contributed by atoms with Gasteiger partial charge in [-0.25, -0.2) is 0 Å². The van der Waals surface area contributed by atoms with Crippen LogP contribution >= 0.6 is 0 Å². The van der Waals surface area contributed by atoms with E-state index in [1.807, 2.05) is 25.1 Å². The van der Waals surface area contributed by atoms with E-state index in [1.54, 1.807) is 14.2 Å². The van der Waals surface area contributed by atoms with Gasteiger partial charge in [0.25, 0.3) is 0 Å². The summed E-state index contributed by atoms with van der Waals surface area (Å²) in [5.41, 5.74) is 6.93. The largest absolute Gasteiger partial charge is 0.496 e. The van der Waals surface area contributed by atoms with E-state index in [-0.39, 0.29) is 6.04 Å². The molecule has 0 bridgehead atoms. The van der Waals surface area contributed by atoms with E-state index >= 15 is 0 Å². The normalized spacial score (nSPS) is 12.3. The molecule has 0 saturated carbocycles. The fourth-order valence-electron chi connectivity index (χ4n) is 1.45. The SMILES string of the molecule is CCC(N)c1c(OC)cccc1OC. The maximum absolute atomic E-state index is 5.99. The van der Waals surface area contributed by atoms with Crippen molar-refractivity contribution in [2.45, 2.75) is 19.4 Å². The Hall–Kier alpha value is -1.22. The van der Waals surface area contributed by atoms with Crippen LogP contribution in [0.2, 0.25) is 0 Å². The number of hydrogen-bond acceptors (Lipinski definition) is 3. The molecule has 0 fully saturated rings. The molecule has 3 heteroatoms. The zero-order valence-electron chi connectivity index (χ0n) is 8.91. The van der Waals surface area contributed by atoms with E-state index in [0.29, 0.717) is 0 Å². The molecular formula is C11H17NO2. The van der Waals surface area contributed by atoms with Gasteiger partial charge in [-0.15, -0.1) is 0 Å². The summed E-state index contributed by atoms with van der Waals surface area (Å²) < 4.78 is 10.5. The minimum atomic E-state index is -0.0406. The summed E-state index contributed by atoms with van der Waals surface area (Å²) in [5, 5.41) is 0. The molecular weight excluding hydrogens is 178 g/mol. The molecule has 0 radical (unpaired) electrons. The predicted octanol–water partition coefficient (Wildman–Crippen LogP) is 2.11. The summed E-state index contributed by atoms with van der Waals surface area (Å²) in [7, 11) is 3.28. The lowest BCUT2D eigenvalue weighted by molar-refractivity contribution is 0.378. The first-order valence-corrected chi connectivity index (χ1v) is 4.71. The second-order valence-corrected chi connectivity index (χ2v) is 3.09. The third-order valence-electron chi connectivity index (χ3n) is 2.28. The summed E-state index contributed by atoms with van der Waals surface area (Å²) >= 11 is 0. The molecule has 2 N–H and O–H groups in total. The number of nitrogens with two attached hydrogens (primary N) is 1. The van der Waals surface area contributed by atoms with Gasteiger partial charge in [0.1, 0.15) is 11.5 Å². The maximum atomic E-state index is 5.99. The van der Waals surface area contributed by atoms with Crippen LogP contribution in [0.15, 0.2) is 18.2 Å². The van der Waals surface area contributed by atoms with E-state index in [0.717, 1.165) is 23.5 Å². The van der Waals surface area contributed by atoms with E-state index < -0.39 is 0 Å². The Morgan fingerprint density at radius 1 is 1.21 bits per heavy atom. The lowest BCUT2D eigenvalue weighted by Crippen LogP contribution is -2.11. The third-order valence-corrected chi connectivity index (χ3v) is 2.28. The van der Waals surface area contributed by atoms with Crippen molar-refractivity contribution in [1.29, 1.82) is 0 Å². The first kappa shape index (κ1) is 10.9. The Morgan fingerprint density at radius 3 is 2.07 bits per heavy atom. The van der Waals surface area contributed by atoms with Gasteiger partial charge in [0.15, 0.2) is 0 Å². The molecule has 78 valence electrons. The van der Waals surface area contributed by atoms with Gasteiger partial charge in [-0.05, 0) is 18.6 Å². The molecule has 1 unspecified atom stereocenters. The second-order valence-electron chi connectivity index (χ2n) is 3.09. The van der Waals surface area contributed by atoms with Gasteiger partial charge >= 0.3 is 0 Å². The molecule has 0 aliphatic heterocycles. The molecule has 1 rings (SSSR count). The van der Waals surface area contributed by atoms with Gasteiger partial charge in [0.2, 0.25) is 0 Å². The standard InChI is InChI=1S/C11H17NO2/c1-4-8(12)11-9(13-2)6-5-7-10(11)14-3/h5-8H,4,12H2,1-3H3. The van der Waals surface area contributed by atoms with E-state index in [9.17, 15) is 0 Å². The van der Waals surface area contributed by atoms with Crippen LogP contribution in [0.1, 0.15) is 24.9 Å². The van der Waals surface area contributed by atoms with Crippen molar-refractivity contribution in [2.24, 2.45) is 5.73 Å². The van der Waals surface area contributed by atoms with E-state index in [2.05, 4.69) is 0 Å². The third kappa shape index (κ3) is 1.99. The van der Waals surface area contributed by atoms with Crippen molar-refractivity contribution in [3.05, 3.63) is 23.8 Å². The van der Waals surface area contributed by atoms with E-state index in [4.69, 9.17) is 15.2 Å². The molecule has 0 amide bonds. The molecule has 3 nitrogen and oxygen atoms in total. The topological polar surface area (TPSA) is 44.5 Å². The number of benzene rings is 1. The highest BCUT2D eigenvalue weighted by molar-refractivity contribution is 5.46. The zero-order valence-corrected chi connectivity index (χ0v) is 8.91. The van der Waals surface area contributed by atoms with Gasteiger partial charge in [0, 0.05) is 6.04 Å². The smallest absolute Gasteiger partial charge is 0.127 e. The van der Waals surface area contributed by atoms with Crippen molar-refractivity contribution in [3.63, 3.8) is 0 Å². The van der Waals surface area contributed by atoms with Crippen LogP contribution in [0.5, 0.6) is 11.5 Å². The molecule has 1 atom stereocenters. The minimum absolute atomic E-state index is 0.0406. The molecule has 0 heterocycles. The van der Waals surface area contributed by atoms with Crippen molar-refractivity contribution >= 4 is 0 Å². The van der Waals surface area contributed by atoms with Crippen LogP contribution in [0, 0.1) is 0 Å². The highest BCUT2D eigenvalue weighted by Gasteiger charge is 2.15. The van der Waals surface area contributed by atoms with Gasteiger partial charge in [0.05, 0.1) is 19.8 Å². The lowest BCUT2D eigenvalue weighted by Gasteiger charge is -2.17. The molecule has 0 spiro atoms. The molecule has 0 aliphatic rings. The minimum Gasteiger partial charge on any atom is -0.496 e. The molecule has 0 aliphatic carbocycles. The van der Waals surface area contributed by atoms with Crippen molar-refractivity contribution in [1.82, 2.24) is 0 Å². The first-order chi connectivity index (χ1) is 6.74.